The third kappa shape index (κ3) is 4.01. The number of carbonyl (C=O) groups excluding carboxylic acids is 1. The molecule has 1 aromatic carbocycles. The van der Waals surface area contributed by atoms with Crippen molar-refractivity contribution in [2.45, 2.75) is 31.7 Å². The summed E-state index contributed by atoms with van der Waals surface area (Å²) in [5.41, 5.74) is 7.33. The number of aromatic nitrogens is 2. The Balaban J connectivity index is 0.00000280. The molecule has 12 heteroatoms. The Bertz CT molecular complexity index is 1020. The second-order valence-corrected chi connectivity index (χ2v) is 7.90. The van der Waals surface area contributed by atoms with Gasteiger partial charge in [-0.25, -0.2) is 8.42 Å². The quantitative estimate of drug-likeness (QED) is 0.602. The SMILES string of the molecule is Cc1nn(C)c(C)c1S(=O)(=O)NC(C)C(=O)Nc1cc2c(cc1N)OCO2.Cl. The molecule has 0 saturated heterocycles. The maximum absolute atomic E-state index is 12.7. The number of anilines is 2. The minimum Gasteiger partial charge on any atom is -0.454 e. The van der Waals surface area contributed by atoms with E-state index in [9.17, 15) is 13.2 Å². The van der Waals surface area contributed by atoms with Crippen LogP contribution >= 0.6 is 12.4 Å². The average Bonchev–Trinajstić information content (AvgIpc) is 3.11. The van der Waals surface area contributed by atoms with Gasteiger partial charge < -0.3 is 20.5 Å². The van der Waals surface area contributed by atoms with Crippen molar-refractivity contribution in [1.29, 1.82) is 0 Å². The number of nitrogen functional groups attached to an aromatic ring is 1. The normalized spacial score (nSPS) is 13.7. The highest BCUT2D eigenvalue weighted by Gasteiger charge is 2.28. The van der Waals surface area contributed by atoms with E-state index in [1.165, 1.54) is 23.7 Å². The third-order valence-corrected chi connectivity index (χ3v) is 6.03. The second-order valence-electron chi connectivity index (χ2n) is 6.25. The molecule has 1 amide bonds. The molecule has 1 aliphatic heterocycles. The van der Waals surface area contributed by atoms with Crippen molar-refractivity contribution >= 4 is 39.7 Å². The van der Waals surface area contributed by atoms with Gasteiger partial charge in [-0.15, -0.1) is 12.4 Å². The van der Waals surface area contributed by atoms with E-state index in [-0.39, 0.29) is 29.8 Å². The standard InChI is InChI=1S/C16H21N5O5S.ClH/c1-8-15(10(3)21(4)19-8)27(23,24)20-9(2)16(22)18-12-6-14-13(5-11(12)17)25-7-26-14;/h5-6,9,20H,7,17H2,1-4H3,(H,18,22);1H. The molecular weight excluding hydrogens is 410 g/mol. The summed E-state index contributed by atoms with van der Waals surface area (Å²) in [4.78, 5) is 12.5. The van der Waals surface area contributed by atoms with Crippen LogP contribution in [0.4, 0.5) is 11.4 Å². The van der Waals surface area contributed by atoms with Crippen molar-refractivity contribution in [3.8, 4) is 11.5 Å². The summed E-state index contributed by atoms with van der Waals surface area (Å²) in [5.74, 6) is 0.374. The lowest BCUT2D eigenvalue weighted by atomic mass is 10.2. The molecule has 1 atom stereocenters. The van der Waals surface area contributed by atoms with Gasteiger partial charge in [-0.2, -0.15) is 9.82 Å². The molecular formula is C16H22ClN5O5S. The smallest absolute Gasteiger partial charge is 0.244 e. The first-order valence-corrected chi connectivity index (χ1v) is 9.61. The van der Waals surface area contributed by atoms with Crippen molar-refractivity contribution in [2.24, 2.45) is 7.05 Å². The molecule has 1 aromatic heterocycles. The largest absolute Gasteiger partial charge is 0.454 e. The van der Waals surface area contributed by atoms with Crippen molar-refractivity contribution in [3.05, 3.63) is 23.5 Å². The number of aryl methyl sites for hydroxylation is 2. The zero-order valence-electron chi connectivity index (χ0n) is 15.8. The van der Waals surface area contributed by atoms with Crippen LogP contribution in [0.25, 0.3) is 0 Å². The summed E-state index contributed by atoms with van der Waals surface area (Å²) < 4.78 is 39.6. The molecule has 0 spiro atoms. The maximum atomic E-state index is 12.7. The molecule has 0 aliphatic carbocycles. The molecule has 2 aromatic rings. The molecule has 3 rings (SSSR count). The predicted molar refractivity (Wildman–Crippen MR) is 105 cm³/mol. The van der Waals surface area contributed by atoms with E-state index >= 15 is 0 Å². The summed E-state index contributed by atoms with van der Waals surface area (Å²) in [6.07, 6.45) is 0. The Kier molecular flexibility index (Phi) is 6.12. The van der Waals surface area contributed by atoms with Gasteiger partial charge in [0, 0.05) is 19.2 Å². The zero-order chi connectivity index (χ0) is 19.9. The number of ether oxygens (including phenoxy) is 2. The molecule has 10 nitrogen and oxygen atoms in total. The lowest BCUT2D eigenvalue weighted by Gasteiger charge is -2.16. The van der Waals surface area contributed by atoms with Gasteiger partial charge in [0.1, 0.15) is 4.90 Å². The number of amides is 1. The molecule has 0 radical (unpaired) electrons. The number of nitrogens with zero attached hydrogens (tertiary/aromatic N) is 2. The highest BCUT2D eigenvalue weighted by atomic mass is 35.5. The Hall–Kier alpha value is -2.50. The fourth-order valence-electron chi connectivity index (χ4n) is 2.80. The fourth-order valence-corrected chi connectivity index (χ4v) is 4.44. The monoisotopic (exact) mass is 431 g/mol. The lowest BCUT2D eigenvalue weighted by Crippen LogP contribution is -2.41. The van der Waals surface area contributed by atoms with E-state index in [0.717, 1.165) is 0 Å². The van der Waals surface area contributed by atoms with E-state index in [4.69, 9.17) is 15.2 Å². The minimum absolute atomic E-state index is 0. The lowest BCUT2D eigenvalue weighted by molar-refractivity contribution is -0.117. The molecule has 154 valence electrons. The van der Waals surface area contributed by atoms with Gasteiger partial charge in [0.25, 0.3) is 0 Å². The van der Waals surface area contributed by atoms with E-state index in [1.54, 1.807) is 20.9 Å². The molecule has 0 saturated carbocycles. The van der Waals surface area contributed by atoms with Gasteiger partial charge in [-0.1, -0.05) is 0 Å². The predicted octanol–water partition coefficient (Wildman–Crippen LogP) is 1.08. The third-order valence-electron chi connectivity index (χ3n) is 4.24. The van der Waals surface area contributed by atoms with Crippen LogP contribution in [0.1, 0.15) is 18.3 Å². The van der Waals surface area contributed by atoms with Crippen LogP contribution in [0.2, 0.25) is 0 Å². The van der Waals surface area contributed by atoms with Gasteiger partial charge in [-0.05, 0) is 20.8 Å². The first-order chi connectivity index (χ1) is 12.6. The number of fused-ring (bicyclic) bond motifs is 1. The Morgan fingerprint density at radius 3 is 2.46 bits per heavy atom. The second kappa shape index (κ2) is 7.86. The summed E-state index contributed by atoms with van der Waals surface area (Å²) in [6, 6.07) is 2.03. The Morgan fingerprint density at radius 2 is 1.89 bits per heavy atom. The first-order valence-electron chi connectivity index (χ1n) is 8.12. The number of sulfonamides is 1. The van der Waals surface area contributed by atoms with Gasteiger partial charge in [0.05, 0.1) is 28.8 Å². The highest BCUT2D eigenvalue weighted by molar-refractivity contribution is 7.89. The van der Waals surface area contributed by atoms with Gasteiger partial charge in [0.2, 0.25) is 22.7 Å². The molecule has 2 heterocycles. The van der Waals surface area contributed by atoms with E-state index < -0.39 is 22.0 Å². The maximum Gasteiger partial charge on any atom is 0.244 e. The van der Waals surface area contributed by atoms with Crippen molar-refractivity contribution < 1.29 is 22.7 Å². The number of hydrogen-bond acceptors (Lipinski definition) is 7. The number of nitrogens with one attached hydrogen (secondary N) is 2. The summed E-state index contributed by atoms with van der Waals surface area (Å²) >= 11 is 0. The molecule has 1 unspecified atom stereocenters. The molecule has 4 N–H and O–H groups in total. The number of rotatable bonds is 5. The highest BCUT2D eigenvalue weighted by Crippen LogP contribution is 2.38. The minimum atomic E-state index is -3.93. The average molecular weight is 432 g/mol. The van der Waals surface area contributed by atoms with Crippen molar-refractivity contribution in [3.63, 3.8) is 0 Å². The first kappa shape index (κ1) is 21.8. The van der Waals surface area contributed by atoms with Gasteiger partial charge >= 0.3 is 0 Å². The van der Waals surface area contributed by atoms with Crippen LogP contribution in [-0.2, 0) is 21.9 Å². The number of carbonyl (C=O) groups is 1. The van der Waals surface area contributed by atoms with Crippen molar-refractivity contribution in [2.75, 3.05) is 17.8 Å². The van der Waals surface area contributed by atoms with Crippen LogP contribution in [0, 0.1) is 13.8 Å². The molecule has 1 aliphatic rings. The zero-order valence-corrected chi connectivity index (χ0v) is 17.4. The summed E-state index contributed by atoms with van der Waals surface area (Å²) in [7, 11) is -2.27. The van der Waals surface area contributed by atoms with E-state index in [1.807, 2.05) is 0 Å². The van der Waals surface area contributed by atoms with E-state index in [0.29, 0.717) is 28.6 Å². The number of hydrogen-bond donors (Lipinski definition) is 3. The molecule has 28 heavy (non-hydrogen) atoms. The molecule has 0 bridgehead atoms. The number of benzene rings is 1. The van der Waals surface area contributed by atoms with E-state index in [2.05, 4.69) is 15.1 Å². The Morgan fingerprint density at radius 1 is 1.29 bits per heavy atom. The fraction of sp³-hybridized carbons (Fsp3) is 0.375. The number of nitrogens with two attached hydrogens (primary N) is 1. The van der Waals surface area contributed by atoms with Crippen LogP contribution in [-0.4, -0.2) is 36.9 Å². The summed E-state index contributed by atoms with van der Waals surface area (Å²) in [5, 5.41) is 6.70. The van der Waals surface area contributed by atoms with Crippen LogP contribution in [0.15, 0.2) is 17.0 Å². The van der Waals surface area contributed by atoms with Crippen LogP contribution in [0.3, 0.4) is 0 Å². The Labute approximate surface area is 168 Å². The molecule has 0 fully saturated rings. The summed E-state index contributed by atoms with van der Waals surface area (Å²) in [6.45, 7) is 4.76. The van der Waals surface area contributed by atoms with Crippen molar-refractivity contribution in [1.82, 2.24) is 14.5 Å². The van der Waals surface area contributed by atoms with Crippen LogP contribution < -0.4 is 25.2 Å². The van der Waals surface area contributed by atoms with Gasteiger partial charge in [0.15, 0.2) is 11.5 Å². The number of halogens is 1. The van der Waals surface area contributed by atoms with Gasteiger partial charge in [-0.3, -0.25) is 9.48 Å². The topological polar surface area (TPSA) is 138 Å². The van der Waals surface area contributed by atoms with Crippen LogP contribution in [0.5, 0.6) is 11.5 Å².